The lowest BCUT2D eigenvalue weighted by molar-refractivity contribution is 0.0234. The fourth-order valence-corrected chi connectivity index (χ4v) is 2.75. The molecule has 2 aromatic rings. The zero-order chi connectivity index (χ0) is 15.7. The minimum absolute atomic E-state index is 0.0382. The summed E-state index contributed by atoms with van der Waals surface area (Å²) in [6.07, 6.45) is 6.78. The van der Waals surface area contributed by atoms with Crippen LogP contribution in [0.1, 0.15) is 34.8 Å². The van der Waals surface area contributed by atoms with Crippen LogP contribution in [-0.4, -0.2) is 31.9 Å². The number of aromatic nitrogens is 3. The molecule has 1 atom stereocenters. The summed E-state index contributed by atoms with van der Waals surface area (Å²) in [5.41, 5.74) is 0.811. The lowest BCUT2D eigenvalue weighted by Crippen LogP contribution is -2.41. The van der Waals surface area contributed by atoms with E-state index in [9.17, 15) is 14.3 Å². The highest BCUT2D eigenvalue weighted by Gasteiger charge is 2.36. The third kappa shape index (κ3) is 2.85. The summed E-state index contributed by atoms with van der Waals surface area (Å²) in [4.78, 5) is 16.0. The maximum Gasteiger partial charge on any atom is 0.254 e. The number of rotatable bonds is 4. The number of amides is 1. The normalized spacial score (nSPS) is 22.0. The molecule has 2 N–H and O–H groups in total. The smallest absolute Gasteiger partial charge is 0.254 e. The molecule has 0 spiro atoms. The zero-order valence-electron chi connectivity index (χ0n) is 12.1. The molecular formula is C15H17FN4O2. The monoisotopic (exact) mass is 304 g/mol. The van der Waals surface area contributed by atoms with Crippen LogP contribution in [0.2, 0.25) is 0 Å². The van der Waals surface area contributed by atoms with Crippen molar-refractivity contribution in [3.8, 4) is 0 Å². The van der Waals surface area contributed by atoms with E-state index in [0.717, 1.165) is 11.8 Å². The Bertz CT molecular complexity index is 682. The van der Waals surface area contributed by atoms with E-state index in [-0.39, 0.29) is 23.6 Å². The summed E-state index contributed by atoms with van der Waals surface area (Å²) in [5, 5.41) is 16.5. The molecule has 0 saturated heterocycles. The molecule has 7 heteroatoms. The molecular weight excluding hydrogens is 287 g/mol. The molecule has 2 aromatic heterocycles. The van der Waals surface area contributed by atoms with Crippen molar-refractivity contribution in [1.82, 2.24) is 20.1 Å². The summed E-state index contributed by atoms with van der Waals surface area (Å²) in [7, 11) is 1.79. The number of aliphatic hydroxyl groups excluding tert-OH is 1. The van der Waals surface area contributed by atoms with Crippen LogP contribution in [0.25, 0.3) is 0 Å². The number of carbonyl (C=O) groups excluding carboxylic acids is 1. The Kier molecular flexibility index (Phi) is 3.89. The van der Waals surface area contributed by atoms with Gasteiger partial charge < -0.3 is 10.4 Å². The van der Waals surface area contributed by atoms with E-state index in [1.807, 2.05) is 6.20 Å². The summed E-state index contributed by atoms with van der Waals surface area (Å²) in [6, 6.07) is 1.05. The van der Waals surface area contributed by atoms with Crippen molar-refractivity contribution in [3.63, 3.8) is 0 Å². The quantitative estimate of drug-likeness (QED) is 0.889. The second-order valence-electron chi connectivity index (χ2n) is 5.64. The minimum atomic E-state index is -0.654. The Morgan fingerprint density at radius 3 is 2.86 bits per heavy atom. The number of pyridine rings is 1. The van der Waals surface area contributed by atoms with Crippen molar-refractivity contribution in [2.75, 3.05) is 0 Å². The molecule has 0 radical (unpaired) electrons. The molecule has 1 amide bonds. The highest BCUT2D eigenvalue weighted by Crippen LogP contribution is 2.38. The van der Waals surface area contributed by atoms with Gasteiger partial charge in [0.25, 0.3) is 5.91 Å². The molecule has 22 heavy (non-hydrogen) atoms. The van der Waals surface area contributed by atoms with Crippen LogP contribution in [0.4, 0.5) is 4.39 Å². The van der Waals surface area contributed by atoms with Crippen LogP contribution < -0.4 is 5.32 Å². The maximum atomic E-state index is 13.7. The number of nitrogens with one attached hydrogen (secondary N) is 1. The third-order valence-electron chi connectivity index (χ3n) is 4.01. The van der Waals surface area contributed by atoms with E-state index in [1.165, 1.54) is 12.3 Å². The van der Waals surface area contributed by atoms with Crippen molar-refractivity contribution in [2.24, 2.45) is 13.0 Å². The van der Waals surface area contributed by atoms with E-state index in [0.29, 0.717) is 12.8 Å². The van der Waals surface area contributed by atoms with Gasteiger partial charge in [-0.15, -0.1) is 0 Å². The molecule has 0 unspecified atom stereocenters. The van der Waals surface area contributed by atoms with Crippen LogP contribution in [-0.2, 0) is 7.05 Å². The fourth-order valence-electron chi connectivity index (χ4n) is 2.75. The zero-order valence-corrected chi connectivity index (χ0v) is 12.1. The van der Waals surface area contributed by atoms with Gasteiger partial charge in [0.1, 0.15) is 0 Å². The van der Waals surface area contributed by atoms with Crippen molar-refractivity contribution in [2.45, 2.75) is 25.0 Å². The van der Waals surface area contributed by atoms with Gasteiger partial charge in [0.05, 0.1) is 30.1 Å². The highest BCUT2D eigenvalue weighted by atomic mass is 19.1. The Hall–Kier alpha value is -2.28. The van der Waals surface area contributed by atoms with Crippen molar-refractivity contribution < 1.29 is 14.3 Å². The number of hydrogen-bond acceptors (Lipinski definition) is 4. The fraction of sp³-hybridized carbons (Fsp3) is 0.400. The first-order valence-electron chi connectivity index (χ1n) is 7.11. The van der Waals surface area contributed by atoms with Gasteiger partial charge in [-0.25, -0.2) is 4.39 Å². The van der Waals surface area contributed by atoms with Gasteiger partial charge in [0.2, 0.25) is 0 Å². The summed E-state index contributed by atoms with van der Waals surface area (Å²) in [6.45, 7) is 0. The lowest BCUT2D eigenvalue weighted by Gasteiger charge is -2.37. The molecule has 116 valence electrons. The first-order chi connectivity index (χ1) is 10.5. The van der Waals surface area contributed by atoms with Gasteiger partial charge in [-0.2, -0.15) is 5.10 Å². The molecule has 3 rings (SSSR count). The first kappa shape index (κ1) is 14.6. The van der Waals surface area contributed by atoms with Gasteiger partial charge in [-0.05, 0) is 24.8 Å². The number of nitrogens with zero attached hydrogens (tertiary/aromatic N) is 3. The first-order valence-corrected chi connectivity index (χ1v) is 7.11. The number of hydrogen-bond donors (Lipinski definition) is 2. The van der Waals surface area contributed by atoms with Gasteiger partial charge in [0.15, 0.2) is 5.82 Å². The van der Waals surface area contributed by atoms with E-state index >= 15 is 0 Å². The van der Waals surface area contributed by atoms with E-state index in [2.05, 4.69) is 15.4 Å². The number of aliphatic hydroxyl groups is 1. The molecule has 1 aliphatic rings. The number of carbonyl (C=O) groups is 1. The van der Waals surface area contributed by atoms with Crippen molar-refractivity contribution in [3.05, 3.63) is 47.8 Å². The lowest BCUT2D eigenvalue weighted by atomic mass is 9.75. The third-order valence-corrected chi connectivity index (χ3v) is 4.01. The van der Waals surface area contributed by atoms with Crippen LogP contribution >= 0.6 is 0 Å². The molecule has 0 aromatic carbocycles. The second-order valence-corrected chi connectivity index (χ2v) is 5.64. The average molecular weight is 304 g/mol. The maximum absolute atomic E-state index is 13.7. The Morgan fingerprint density at radius 2 is 2.27 bits per heavy atom. The minimum Gasteiger partial charge on any atom is -0.393 e. The molecule has 6 nitrogen and oxygen atoms in total. The number of halogens is 1. The largest absolute Gasteiger partial charge is 0.393 e. The molecule has 0 aliphatic heterocycles. The van der Waals surface area contributed by atoms with Crippen molar-refractivity contribution >= 4 is 5.91 Å². The Labute approximate surface area is 127 Å². The van der Waals surface area contributed by atoms with Crippen LogP contribution in [0, 0.1) is 11.7 Å². The topological polar surface area (TPSA) is 80.0 Å². The molecule has 2 heterocycles. The second kappa shape index (κ2) is 5.84. The Balaban J connectivity index is 1.81. The van der Waals surface area contributed by atoms with E-state index in [4.69, 9.17) is 0 Å². The van der Waals surface area contributed by atoms with E-state index < -0.39 is 11.7 Å². The molecule has 0 bridgehead atoms. The van der Waals surface area contributed by atoms with Gasteiger partial charge in [-0.1, -0.05) is 0 Å². The van der Waals surface area contributed by atoms with Crippen LogP contribution in [0.15, 0.2) is 30.9 Å². The van der Waals surface area contributed by atoms with E-state index in [1.54, 1.807) is 17.9 Å². The predicted molar refractivity (Wildman–Crippen MR) is 76.3 cm³/mol. The molecule has 1 fully saturated rings. The van der Waals surface area contributed by atoms with Crippen LogP contribution in [0.3, 0.4) is 0 Å². The van der Waals surface area contributed by atoms with Crippen molar-refractivity contribution in [1.29, 1.82) is 0 Å². The Morgan fingerprint density at radius 1 is 1.50 bits per heavy atom. The predicted octanol–water partition coefficient (Wildman–Crippen LogP) is 1.20. The summed E-state index contributed by atoms with van der Waals surface area (Å²) in [5.74, 6) is -1.03. The standard InChI is InChI=1S/C15H17FN4O2/c1-20-8-10(6-18-20)14(9-4-11(21)5-9)19-15(22)12-2-3-17-7-13(12)16/h2-3,6-9,11,14,21H,4-5H2,1H3,(H,19,22)/t9?,11?,14-/m1/s1. The van der Waals surface area contributed by atoms with Gasteiger partial charge in [0, 0.05) is 25.0 Å². The molecule has 1 aliphatic carbocycles. The van der Waals surface area contributed by atoms with Gasteiger partial charge in [-0.3, -0.25) is 14.5 Å². The van der Waals surface area contributed by atoms with Crippen LogP contribution in [0.5, 0.6) is 0 Å². The molecule has 1 saturated carbocycles. The number of aryl methyl sites for hydroxylation is 1. The SMILES string of the molecule is Cn1cc([C@H](NC(=O)c2ccncc2F)C2CC(O)C2)cn1. The summed E-state index contributed by atoms with van der Waals surface area (Å²) < 4.78 is 15.3. The average Bonchev–Trinajstić information content (AvgIpc) is 2.88. The summed E-state index contributed by atoms with van der Waals surface area (Å²) >= 11 is 0. The van der Waals surface area contributed by atoms with Gasteiger partial charge >= 0.3 is 0 Å². The highest BCUT2D eigenvalue weighted by molar-refractivity contribution is 5.94.